The van der Waals surface area contributed by atoms with Gasteiger partial charge in [-0.05, 0) is 25.7 Å². The van der Waals surface area contributed by atoms with E-state index in [1.807, 2.05) is 13.8 Å². The van der Waals surface area contributed by atoms with E-state index in [1.54, 1.807) is 0 Å². The van der Waals surface area contributed by atoms with Crippen LogP contribution in [0.15, 0.2) is 0 Å². The lowest BCUT2D eigenvalue weighted by Gasteiger charge is -2.22. The molecule has 13 heavy (non-hydrogen) atoms. The molecule has 1 aliphatic heterocycles. The highest BCUT2D eigenvalue weighted by Gasteiger charge is 2.12. The first-order valence-electron chi connectivity index (χ1n) is 5.22. The van der Waals surface area contributed by atoms with Crippen molar-refractivity contribution in [2.45, 2.75) is 45.8 Å². The summed E-state index contributed by atoms with van der Waals surface area (Å²) in [5.41, 5.74) is 0. The molecule has 0 amide bonds. The second kappa shape index (κ2) is 10.5. The van der Waals surface area contributed by atoms with Crippen LogP contribution in [0.4, 0.5) is 0 Å². The molecule has 80 valence electrons. The van der Waals surface area contributed by atoms with Crippen LogP contribution in [0.25, 0.3) is 0 Å². The Morgan fingerprint density at radius 1 is 1.38 bits per heavy atom. The summed E-state index contributed by atoms with van der Waals surface area (Å²) in [7, 11) is 0. The number of rotatable bonds is 4. The van der Waals surface area contributed by atoms with Crippen LogP contribution >= 0.6 is 15.9 Å². The van der Waals surface area contributed by atoms with Crippen molar-refractivity contribution in [1.29, 1.82) is 0 Å². The Morgan fingerprint density at radius 3 is 2.69 bits per heavy atom. The Labute approximate surface area is 90.1 Å². The van der Waals surface area contributed by atoms with Gasteiger partial charge in [-0.2, -0.15) is 0 Å². The molecule has 0 aliphatic carbocycles. The molecule has 1 fully saturated rings. The van der Waals surface area contributed by atoms with Crippen LogP contribution in [0.1, 0.15) is 39.5 Å². The van der Waals surface area contributed by atoms with Crippen LogP contribution < -0.4 is 0 Å². The highest BCUT2D eigenvalue weighted by Crippen LogP contribution is 2.13. The van der Waals surface area contributed by atoms with Gasteiger partial charge in [-0.25, -0.2) is 0 Å². The number of hydrogen-bond acceptors (Lipinski definition) is 2. The van der Waals surface area contributed by atoms with Gasteiger partial charge in [0.15, 0.2) is 6.29 Å². The van der Waals surface area contributed by atoms with Crippen molar-refractivity contribution in [2.24, 2.45) is 0 Å². The molecule has 3 heteroatoms. The van der Waals surface area contributed by atoms with Crippen LogP contribution in [0.3, 0.4) is 0 Å². The van der Waals surface area contributed by atoms with E-state index in [0.717, 1.165) is 31.4 Å². The molecule has 1 heterocycles. The molecule has 0 radical (unpaired) electrons. The SMILES string of the molecule is BrCCCOC1CCCCO1.CC. The van der Waals surface area contributed by atoms with Gasteiger partial charge >= 0.3 is 0 Å². The van der Waals surface area contributed by atoms with E-state index in [9.17, 15) is 0 Å². The molecular weight excluding hydrogens is 232 g/mol. The third-order valence-electron chi connectivity index (χ3n) is 1.72. The van der Waals surface area contributed by atoms with Crippen LogP contribution in [0.2, 0.25) is 0 Å². The molecule has 0 N–H and O–H groups in total. The molecule has 0 spiro atoms. The fourth-order valence-electron chi connectivity index (χ4n) is 1.11. The molecular formula is C10H21BrO2. The maximum atomic E-state index is 5.47. The summed E-state index contributed by atoms with van der Waals surface area (Å²) < 4.78 is 10.9. The monoisotopic (exact) mass is 252 g/mol. The quantitative estimate of drug-likeness (QED) is 0.565. The predicted octanol–water partition coefficient (Wildman–Crippen LogP) is 3.34. The van der Waals surface area contributed by atoms with Crippen LogP contribution in [-0.4, -0.2) is 24.8 Å². The van der Waals surface area contributed by atoms with Gasteiger partial charge in [-0.3, -0.25) is 0 Å². The first-order valence-corrected chi connectivity index (χ1v) is 6.35. The molecule has 1 atom stereocenters. The summed E-state index contributed by atoms with van der Waals surface area (Å²) in [6.45, 7) is 5.69. The number of hydrogen-bond donors (Lipinski definition) is 0. The molecule has 1 saturated heterocycles. The lowest BCUT2D eigenvalue weighted by molar-refractivity contribution is -0.161. The largest absolute Gasteiger partial charge is 0.353 e. The van der Waals surface area contributed by atoms with Gasteiger partial charge in [0.05, 0.1) is 6.61 Å². The highest BCUT2D eigenvalue weighted by molar-refractivity contribution is 9.09. The minimum Gasteiger partial charge on any atom is -0.353 e. The zero-order chi connectivity index (χ0) is 9.94. The minimum atomic E-state index is 0.0859. The van der Waals surface area contributed by atoms with Crippen molar-refractivity contribution < 1.29 is 9.47 Å². The highest BCUT2D eigenvalue weighted by atomic mass is 79.9. The second-order valence-corrected chi connectivity index (χ2v) is 3.50. The molecule has 0 saturated carbocycles. The standard InChI is InChI=1S/C8H15BrO2.C2H6/c9-5-3-7-11-8-4-1-2-6-10-8;1-2/h8H,1-7H2;1-2H3. The lowest BCUT2D eigenvalue weighted by atomic mass is 10.2. The van der Waals surface area contributed by atoms with Gasteiger partial charge in [-0.15, -0.1) is 0 Å². The van der Waals surface area contributed by atoms with E-state index in [4.69, 9.17) is 9.47 Å². The van der Waals surface area contributed by atoms with Gasteiger partial charge < -0.3 is 9.47 Å². The molecule has 0 aromatic rings. The topological polar surface area (TPSA) is 18.5 Å². The second-order valence-electron chi connectivity index (χ2n) is 2.71. The molecule has 1 aliphatic rings. The molecule has 1 rings (SSSR count). The maximum absolute atomic E-state index is 5.47. The Hall–Kier alpha value is 0.400. The van der Waals surface area contributed by atoms with Crippen molar-refractivity contribution in [3.05, 3.63) is 0 Å². The Morgan fingerprint density at radius 2 is 2.15 bits per heavy atom. The van der Waals surface area contributed by atoms with Gasteiger partial charge in [-0.1, -0.05) is 29.8 Å². The minimum absolute atomic E-state index is 0.0859. The summed E-state index contributed by atoms with van der Waals surface area (Å²) in [5.74, 6) is 0. The van der Waals surface area contributed by atoms with E-state index in [1.165, 1.54) is 12.8 Å². The average Bonchev–Trinajstić information content (AvgIpc) is 2.23. The number of ether oxygens (including phenoxy) is 2. The fourth-order valence-corrected chi connectivity index (χ4v) is 1.34. The Kier molecular flexibility index (Phi) is 10.8. The summed E-state index contributed by atoms with van der Waals surface area (Å²) in [5, 5.41) is 1.01. The van der Waals surface area contributed by atoms with Gasteiger partial charge in [0.2, 0.25) is 0 Å². The van der Waals surface area contributed by atoms with E-state index >= 15 is 0 Å². The predicted molar refractivity (Wildman–Crippen MR) is 59.3 cm³/mol. The summed E-state index contributed by atoms with van der Waals surface area (Å²) in [6, 6.07) is 0. The van der Waals surface area contributed by atoms with E-state index in [-0.39, 0.29) is 6.29 Å². The van der Waals surface area contributed by atoms with Gasteiger partial charge in [0.1, 0.15) is 0 Å². The lowest BCUT2D eigenvalue weighted by Crippen LogP contribution is -2.22. The van der Waals surface area contributed by atoms with Crippen molar-refractivity contribution in [1.82, 2.24) is 0 Å². The summed E-state index contributed by atoms with van der Waals surface area (Å²) >= 11 is 3.35. The van der Waals surface area contributed by atoms with Crippen LogP contribution in [-0.2, 0) is 9.47 Å². The van der Waals surface area contributed by atoms with Crippen molar-refractivity contribution in [3.8, 4) is 0 Å². The van der Waals surface area contributed by atoms with Crippen LogP contribution in [0.5, 0.6) is 0 Å². The molecule has 1 unspecified atom stereocenters. The number of halogens is 1. The van der Waals surface area contributed by atoms with Crippen LogP contribution in [0, 0.1) is 0 Å². The van der Waals surface area contributed by atoms with Crippen molar-refractivity contribution in [3.63, 3.8) is 0 Å². The average molecular weight is 253 g/mol. The van der Waals surface area contributed by atoms with Crippen molar-refractivity contribution >= 4 is 15.9 Å². The van der Waals surface area contributed by atoms with E-state index < -0.39 is 0 Å². The Balaban J connectivity index is 0.000000671. The van der Waals surface area contributed by atoms with Crippen molar-refractivity contribution in [2.75, 3.05) is 18.5 Å². The normalized spacial score (nSPS) is 21.9. The van der Waals surface area contributed by atoms with E-state index in [0.29, 0.717) is 0 Å². The third-order valence-corrected chi connectivity index (χ3v) is 2.28. The first kappa shape index (κ1) is 13.4. The third kappa shape index (κ3) is 7.47. The zero-order valence-corrected chi connectivity index (χ0v) is 10.3. The maximum Gasteiger partial charge on any atom is 0.157 e. The molecule has 0 aromatic carbocycles. The molecule has 0 bridgehead atoms. The smallest absolute Gasteiger partial charge is 0.157 e. The zero-order valence-electron chi connectivity index (χ0n) is 8.72. The summed E-state index contributed by atoms with van der Waals surface area (Å²) in [4.78, 5) is 0. The number of alkyl halides is 1. The molecule has 2 nitrogen and oxygen atoms in total. The first-order chi connectivity index (χ1) is 6.43. The fraction of sp³-hybridized carbons (Fsp3) is 1.00. The Bertz CT molecular complexity index is 92.9. The molecule has 0 aromatic heterocycles. The van der Waals surface area contributed by atoms with Gasteiger partial charge in [0.25, 0.3) is 0 Å². The van der Waals surface area contributed by atoms with Gasteiger partial charge in [0, 0.05) is 11.9 Å². The van der Waals surface area contributed by atoms with E-state index in [2.05, 4.69) is 15.9 Å². The summed E-state index contributed by atoms with van der Waals surface area (Å²) in [6.07, 6.45) is 4.67.